The lowest BCUT2D eigenvalue weighted by Crippen LogP contribution is -2.54. The summed E-state index contributed by atoms with van der Waals surface area (Å²) in [6, 6.07) is 5.76. The summed E-state index contributed by atoms with van der Waals surface area (Å²) in [6.07, 6.45) is 0.208. The van der Waals surface area contributed by atoms with Gasteiger partial charge in [-0.05, 0) is 18.1 Å². The summed E-state index contributed by atoms with van der Waals surface area (Å²) in [5.74, 6) is -1.52. The van der Waals surface area contributed by atoms with Crippen molar-refractivity contribution in [3.05, 3.63) is 46.6 Å². The standard InChI is InChI=1S/C18H18N6O4/c19-7-10-6-13(23-22-10)20-8-9-2-1-3-11-15(9)18(28)24(17(11)27)12-4-5-14(25)21-16(12)26/h1-3,6,12H,4-5,7-8,19H2,(H2,20,22,23)(H,21,25,26). The molecule has 0 radical (unpaired) electrons. The lowest BCUT2D eigenvalue weighted by atomic mass is 10.0. The maximum absolute atomic E-state index is 13.0. The van der Waals surface area contributed by atoms with Crippen molar-refractivity contribution in [3.63, 3.8) is 0 Å². The van der Waals surface area contributed by atoms with Crippen LogP contribution in [0.5, 0.6) is 0 Å². The van der Waals surface area contributed by atoms with Gasteiger partial charge in [-0.25, -0.2) is 0 Å². The van der Waals surface area contributed by atoms with Crippen LogP contribution in [-0.4, -0.2) is 44.8 Å². The minimum Gasteiger partial charge on any atom is -0.364 e. The van der Waals surface area contributed by atoms with Gasteiger partial charge in [-0.3, -0.25) is 34.5 Å². The first kappa shape index (κ1) is 17.9. The van der Waals surface area contributed by atoms with E-state index >= 15 is 0 Å². The number of imide groups is 2. The van der Waals surface area contributed by atoms with Gasteiger partial charge in [0, 0.05) is 25.6 Å². The molecule has 28 heavy (non-hydrogen) atoms. The number of amides is 4. The normalized spacial score (nSPS) is 19.0. The minimum absolute atomic E-state index is 0.0842. The van der Waals surface area contributed by atoms with E-state index in [4.69, 9.17) is 5.73 Å². The van der Waals surface area contributed by atoms with Crippen LogP contribution < -0.4 is 16.4 Å². The lowest BCUT2D eigenvalue weighted by molar-refractivity contribution is -0.136. The van der Waals surface area contributed by atoms with E-state index in [9.17, 15) is 19.2 Å². The zero-order valence-electron chi connectivity index (χ0n) is 14.8. The van der Waals surface area contributed by atoms with E-state index in [0.717, 1.165) is 10.6 Å². The summed E-state index contributed by atoms with van der Waals surface area (Å²) in [6.45, 7) is 0.587. The van der Waals surface area contributed by atoms with E-state index in [1.54, 1.807) is 24.3 Å². The van der Waals surface area contributed by atoms with Crippen LogP contribution in [0.25, 0.3) is 0 Å². The molecule has 4 rings (SSSR count). The third-order valence-corrected chi connectivity index (χ3v) is 4.87. The van der Waals surface area contributed by atoms with Gasteiger partial charge in [0.25, 0.3) is 11.8 Å². The van der Waals surface area contributed by atoms with Crippen LogP contribution in [0, 0.1) is 0 Å². The highest BCUT2D eigenvalue weighted by molar-refractivity contribution is 6.24. The van der Waals surface area contributed by atoms with Gasteiger partial charge in [-0.15, -0.1) is 0 Å². The second-order valence-corrected chi connectivity index (χ2v) is 6.62. The van der Waals surface area contributed by atoms with Gasteiger partial charge < -0.3 is 11.1 Å². The summed E-state index contributed by atoms with van der Waals surface area (Å²) in [4.78, 5) is 50.3. The summed E-state index contributed by atoms with van der Waals surface area (Å²) in [5, 5.41) is 12.1. The first-order valence-electron chi connectivity index (χ1n) is 8.81. The number of nitrogens with zero attached hydrogens (tertiary/aromatic N) is 2. The van der Waals surface area contributed by atoms with Gasteiger partial charge in [0.05, 0.1) is 16.8 Å². The maximum atomic E-state index is 13.0. The van der Waals surface area contributed by atoms with E-state index in [-0.39, 0.29) is 30.5 Å². The van der Waals surface area contributed by atoms with E-state index < -0.39 is 29.7 Å². The number of rotatable bonds is 5. The number of hydrogen-bond donors (Lipinski definition) is 4. The number of anilines is 1. The largest absolute Gasteiger partial charge is 0.364 e. The van der Waals surface area contributed by atoms with Crippen LogP contribution in [0.1, 0.15) is 44.8 Å². The molecular formula is C18H18N6O4. The molecule has 5 N–H and O–H groups in total. The Morgan fingerprint density at radius 1 is 1.21 bits per heavy atom. The average molecular weight is 382 g/mol. The Hall–Kier alpha value is -3.53. The number of aromatic nitrogens is 2. The first-order valence-corrected chi connectivity index (χ1v) is 8.81. The number of carbonyl (C=O) groups excluding carboxylic acids is 4. The third kappa shape index (κ3) is 2.93. The topological polar surface area (TPSA) is 150 Å². The Kier molecular flexibility index (Phi) is 4.40. The molecule has 1 atom stereocenters. The summed E-state index contributed by atoms with van der Waals surface area (Å²) >= 11 is 0. The molecule has 10 nitrogen and oxygen atoms in total. The fourth-order valence-electron chi connectivity index (χ4n) is 3.47. The van der Waals surface area contributed by atoms with Crippen LogP contribution in [0.15, 0.2) is 24.3 Å². The van der Waals surface area contributed by atoms with Crippen molar-refractivity contribution in [2.24, 2.45) is 5.73 Å². The molecule has 0 saturated carbocycles. The average Bonchev–Trinajstić information content (AvgIpc) is 3.24. The highest BCUT2D eigenvalue weighted by Crippen LogP contribution is 2.30. The molecule has 1 saturated heterocycles. The molecule has 0 spiro atoms. The van der Waals surface area contributed by atoms with Crippen molar-refractivity contribution >= 4 is 29.4 Å². The number of benzene rings is 1. The first-order chi connectivity index (χ1) is 13.5. The molecule has 3 heterocycles. The van der Waals surface area contributed by atoms with Gasteiger partial charge in [-0.2, -0.15) is 5.10 Å². The van der Waals surface area contributed by atoms with Gasteiger partial charge in [0.15, 0.2) is 0 Å². The van der Waals surface area contributed by atoms with Crippen LogP contribution >= 0.6 is 0 Å². The van der Waals surface area contributed by atoms with Crippen molar-refractivity contribution in [3.8, 4) is 0 Å². The van der Waals surface area contributed by atoms with Crippen LogP contribution in [0.3, 0.4) is 0 Å². The molecule has 1 aromatic heterocycles. The summed E-state index contributed by atoms with van der Waals surface area (Å²) < 4.78 is 0. The van der Waals surface area contributed by atoms with Crippen LogP contribution in [0.4, 0.5) is 5.82 Å². The molecule has 1 unspecified atom stereocenters. The number of hydrogen-bond acceptors (Lipinski definition) is 7. The smallest absolute Gasteiger partial charge is 0.262 e. The molecule has 2 aromatic rings. The van der Waals surface area contributed by atoms with Crippen molar-refractivity contribution in [1.29, 1.82) is 0 Å². The number of piperidine rings is 1. The predicted octanol–water partition coefficient (Wildman–Crippen LogP) is -0.118. The molecule has 1 fully saturated rings. The Morgan fingerprint density at radius 3 is 2.75 bits per heavy atom. The van der Waals surface area contributed by atoms with Crippen molar-refractivity contribution in [1.82, 2.24) is 20.4 Å². The van der Waals surface area contributed by atoms with E-state index in [2.05, 4.69) is 20.8 Å². The third-order valence-electron chi connectivity index (χ3n) is 4.87. The van der Waals surface area contributed by atoms with E-state index in [1.807, 2.05) is 0 Å². The second-order valence-electron chi connectivity index (χ2n) is 6.62. The van der Waals surface area contributed by atoms with Gasteiger partial charge in [0.1, 0.15) is 11.9 Å². The molecule has 0 bridgehead atoms. The molecule has 2 aliphatic rings. The molecule has 4 amide bonds. The number of H-pyrrole nitrogens is 1. The number of nitrogens with two attached hydrogens (primary N) is 1. The molecule has 1 aromatic carbocycles. The van der Waals surface area contributed by atoms with Crippen LogP contribution in [0.2, 0.25) is 0 Å². The maximum Gasteiger partial charge on any atom is 0.262 e. The molecule has 0 aliphatic carbocycles. The Morgan fingerprint density at radius 2 is 2.04 bits per heavy atom. The summed E-state index contributed by atoms with van der Waals surface area (Å²) in [7, 11) is 0. The SMILES string of the molecule is NCc1cc(NCc2cccc3c2C(=O)N(C2CCC(=O)NC2=O)C3=O)n[nH]1. The van der Waals surface area contributed by atoms with Crippen molar-refractivity contribution in [2.45, 2.75) is 32.0 Å². The molecule has 144 valence electrons. The fourth-order valence-corrected chi connectivity index (χ4v) is 3.47. The Labute approximate surface area is 159 Å². The molecule has 10 heteroatoms. The zero-order valence-corrected chi connectivity index (χ0v) is 14.8. The quantitative estimate of drug-likeness (QED) is 0.527. The highest BCUT2D eigenvalue weighted by atomic mass is 16.2. The van der Waals surface area contributed by atoms with E-state index in [1.165, 1.54) is 0 Å². The summed E-state index contributed by atoms with van der Waals surface area (Å²) in [5.41, 5.74) is 7.43. The predicted molar refractivity (Wildman–Crippen MR) is 96.9 cm³/mol. The number of aromatic amines is 1. The molecular weight excluding hydrogens is 364 g/mol. The number of fused-ring (bicyclic) bond motifs is 1. The fraction of sp³-hybridized carbons (Fsp3) is 0.278. The van der Waals surface area contributed by atoms with Gasteiger partial charge in [-0.1, -0.05) is 12.1 Å². The van der Waals surface area contributed by atoms with Gasteiger partial charge >= 0.3 is 0 Å². The van der Waals surface area contributed by atoms with Crippen LogP contribution in [-0.2, 0) is 22.7 Å². The van der Waals surface area contributed by atoms with Crippen molar-refractivity contribution < 1.29 is 19.2 Å². The number of carbonyl (C=O) groups is 4. The monoisotopic (exact) mass is 382 g/mol. The minimum atomic E-state index is -0.982. The Bertz CT molecular complexity index is 998. The van der Waals surface area contributed by atoms with Gasteiger partial charge in [0.2, 0.25) is 11.8 Å². The lowest BCUT2D eigenvalue weighted by Gasteiger charge is -2.27. The van der Waals surface area contributed by atoms with Crippen molar-refractivity contribution in [2.75, 3.05) is 5.32 Å². The number of nitrogens with one attached hydrogen (secondary N) is 3. The second kappa shape index (κ2) is 6.89. The van der Waals surface area contributed by atoms with E-state index in [0.29, 0.717) is 17.9 Å². The zero-order chi connectivity index (χ0) is 19.8. The molecule has 2 aliphatic heterocycles. The highest BCUT2D eigenvalue weighted by Gasteiger charge is 2.45. The Balaban J connectivity index is 1.59.